The quantitative estimate of drug-likeness (QED) is 0.903. The first-order chi connectivity index (χ1) is 10.1. The second kappa shape index (κ2) is 5.71. The number of anilines is 1. The van der Waals surface area contributed by atoms with Crippen LogP contribution in [-0.4, -0.2) is 17.7 Å². The van der Waals surface area contributed by atoms with Crippen LogP contribution in [0.1, 0.15) is 23.7 Å². The molecule has 1 aliphatic rings. The smallest absolute Gasteiger partial charge is 0.231 e. The molecule has 1 atom stereocenters. The standard InChI is InChI=1S/C14H15N3O3S/c1-8(15)14-17-10(6-21-14)5-13(18)16-9-2-3-11-12(4-9)20-7-19-11/h2-4,6,8H,5,7,15H2,1H3,(H,16,18). The van der Waals surface area contributed by atoms with Crippen LogP contribution in [0.2, 0.25) is 0 Å². The van der Waals surface area contributed by atoms with E-state index in [0.29, 0.717) is 17.2 Å². The van der Waals surface area contributed by atoms with E-state index < -0.39 is 0 Å². The monoisotopic (exact) mass is 305 g/mol. The number of carbonyl (C=O) groups excluding carboxylic acids is 1. The summed E-state index contributed by atoms with van der Waals surface area (Å²) < 4.78 is 10.5. The zero-order chi connectivity index (χ0) is 14.8. The molecule has 0 saturated carbocycles. The Labute approximate surface area is 125 Å². The molecule has 1 unspecified atom stereocenters. The summed E-state index contributed by atoms with van der Waals surface area (Å²) in [7, 11) is 0. The van der Waals surface area contributed by atoms with Crippen LogP contribution in [0.4, 0.5) is 5.69 Å². The van der Waals surface area contributed by atoms with Crippen molar-refractivity contribution in [2.45, 2.75) is 19.4 Å². The summed E-state index contributed by atoms with van der Waals surface area (Å²) in [6.07, 6.45) is 0.220. The van der Waals surface area contributed by atoms with Gasteiger partial charge in [-0.15, -0.1) is 11.3 Å². The van der Waals surface area contributed by atoms with Crippen LogP contribution in [0.3, 0.4) is 0 Å². The summed E-state index contributed by atoms with van der Waals surface area (Å²) in [4.78, 5) is 16.3. The fourth-order valence-electron chi connectivity index (χ4n) is 1.96. The van der Waals surface area contributed by atoms with Crippen molar-refractivity contribution in [1.29, 1.82) is 0 Å². The van der Waals surface area contributed by atoms with Gasteiger partial charge < -0.3 is 20.5 Å². The molecule has 6 nitrogen and oxygen atoms in total. The molecule has 0 aliphatic carbocycles. The van der Waals surface area contributed by atoms with Crippen LogP contribution in [0.25, 0.3) is 0 Å². The maximum atomic E-state index is 12.0. The summed E-state index contributed by atoms with van der Waals surface area (Å²) in [5, 5.41) is 5.51. The molecule has 1 amide bonds. The minimum absolute atomic E-state index is 0.110. The highest BCUT2D eigenvalue weighted by Gasteiger charge is 2.15. The minimum Gasteiger partial charge on any atom is -0.454 e. The summed E-state index contributed by atoms with van der Waals surface area (Å²) in [6.45, 7) is 2.08. The van der Waals surface area contributed by atoms with E-state index in [-0.39, 0.29) is 25.2 Å². The predicted octanol–water partition coefficient (Wildman–Crippen LogP) is 2.07. The van der Waals surface area contributed by atoms with Gasteiger partial charge in [-0.1, -0.05) is 0 Å². The first-order valence-corrected chi connectivity index (χ1v) is 7.39. The van der Waals surface area contributed by atoms with E-state index >= 15 is 0 Å². The summed E-state index contributed by atoms with van der Waals surface area (Å²) in [6, 6.07) is 5.18. The molecular formula is C14H15N3O3S. The van der Waals surface area contributed by atoms with Gasteiger partial charge in [0, 0.05) is 17.1 Å². The van der Waals surface area contributed by atoms with E-state index in [0.717, 1.165) is 10.7 Å². The topological polar surface area (TPSA) is 86.5 Å². The number of benzene rings is 1. The lowest BCUT2D eigenvalue weighted by molar-refractivity contribution is -0.115. The normalized spacial score (nSPS) is 14.0. The number of aromatic nitrogens is 1. The maximum Gasteiger partial charge on any atom is 0.231 e. The molecule has 0 bridgehead atoms. The Balaban J connectivity index is 1.63. The van der Waals surface area contributed by atoms with Gasteiger partial charge >= 0.3 is 0 Å². The van der Waals surface area contributed by atoms with Crippen molar-refractivity contribution in [3.05, 3.63) is 34.3 Å². The zero-order valence-electron chi connectivity index (χ0n) is 11.5. The Hall–Kier alpha value is -2.12. The Bertz CT molecular complexity index is 669. The average Bonchev–Trinajstić information content (AvgIpc) is 3.06. The number of amides is 1. The van der Waals surface area contributed by atoms with E-state index in [1.54, 1.807) is 18.2 Å². The van der Waals surface area contributed by atoms with Crippen molar-refractivity contribution in [2.75, 3.05) is 12.1 Å². The van der Waals surface area contributed by atoms with Gasteiger partial charge in [0.15, 0.2) is 11.5 Å². The average molecular weight is 305 g/mol. The third-order valence-corrected chi connectivity index (χ3v) is 4.05. The fourth-order valence-corrected chi connectivity index (χ4v) is 2.73. The van der Waals surface area contributed by atoms with E-state index in [1.807, 2.05) is 12.3 Å². The number of fused-ring (bicyclic) bond motifs is 1. The van der Waals surface area contributed by atoms with Gasteiger partial charge in [-0.25, -0.2) is 4.98 Å². The molecule has 0 fully saturated rings. The molecule has 1 aliphatic heterocycles. The number of hydrogen-bond donors (Lipinski definition) is 2. The highest BCUT2D eigenvalue weighted by Crippen LogP contribution is 2.34. The lowest BCUT2D eigenvalue weighted by atomic mass is 10.2. The number of nitrogens with zero attached hydrogens (tertiary/aromatic N) is 1. The predicted molar refractivity (Wildman–Crippen MR) is 79.6 cm³/mol. The van der Waals surface area contributed by atoms with Gasteiger partial charge in [0.1, 0.15) is 5.01 Å². The molecule has 3 N–H and O–H groups in total. The van der Waals surface area contributed by atoms with Crippen LogP contribution >= 0.6 is 11.3 Å². The van der Waals surface area contributed by atoms with Gasteiger partial charge in [0.2, 0.25) is 12.7 Å². The number of nitrogens with two attached hydrogens (primary N) is 1. The minimum atomic E-state index is -0.129. The molecule has 1 aromatic carbocycles. The van der Waals surface area contributed by atoms with Gasteiger partial charge in [0.05, 0.1) is 18.2 Å². The van der Waals surface area contributed by atoms with E-state index in [1.165, 1.54) is 11.3 Å². The van der Waals surface area contributed by atoms with Crippen molar-refractivity contribution < 1.29 is 14.3 Å². The molecule has 0 radical (unpaired) electrons. The summed E-state index contributed by atoms with van der Waals surface area (Å²) >= 11 is 1.47. The molecule has 1 aromatic heterocycles. The van der Waals surface area contributed by atoms with E-state index in [2.05, 4.69) is 10.3 Å². The first kappa shape index (κ1) is 13.8. The first-order valence-electron chi connectivity index (χ1n) is 6.51. The largest absolute Gasteiger partial charge is 0.454 e. The molecule has 3 rings (SSSR count). The highest BCUT2D eigenvalue weighted by molar-refractivity contribution is 7.09. The SMILES string of the molecule is CC(N)c1nc(CC(=O)Nc2ccc3c(c2)OCO3)cs1. The fraction of sp³-hybridized carbons (Fsp3) is 0.286. The molecular weight excluding hydrogens is 290 g/mol. The Morgan fingerprint density at radius 1 is 1.48 bits per heavy atom. The van der Waals surface area contributed by atoms with Crippen molar-refractivity contribution >= 4 is 22.9 Å². The van der Waals surface area contributed by atoms with Crippen molar-refractivity contribution in [3.8, 4) is 11.5 Å². The van der Waals surface area contributed by atoms with Crippen LogP contribution in [0, 0.1) is 0 Å². The number of nitrogens with one attached hydrogen (secondary N) is 1. The maximum absolute atomic E-state index is 12.0. The third-order valence-electron chi connectivity index (χ3n) is 2.96. The van der Waals surface area contributed by atoms with Gasteiger partial charge in [-0.2, -0.15) is 0 Å². The van der Waals surface area contributed by atoms with Gasteiger partial charge in [-0.05, 0) is 19.1 Å². The van der Waals surface area contributed by atoms with Crippen LogP contribution in [0.5, 0.6) is 11.5 Å². The van der Waals surface area contributed by atoms with Crippen LogP contribution in [-0.2, 0) is 11.2 Å². The number of thiazole rings is 1. The van der Waals surface area contributed by atoms with Crippen molar-refractivity contribution in [3.63, 3.8) is 0 Å². The second-order valence-corrected chi connectivity index (χ2v) is 5.65. The Morgan fingerprint density at radius 3 is 3.05 bits per heavy atom. The number of rotatable bonds is 4. The number of carbonyl (C=O) groups is 1. The van der Waals surface area contributed by atoms with Crippen molar-refractivity contribution in [2.24, 2.45) is 5.73 Å². The van der Waals surface area contributed by atoms with Gasteiger partial charge in [0.25, 0.3) is 0 Å². The molecule has 0 saturated heterocycles. The molecule has 2 aromatic rings. The second-order valence-electron chi connectivity index (χ2n) is 4.76. The summed E-state index contributed by atoms with van der Waals surface area (Å²) in [5.74, 6) is 1.20. The Morgan fingerprint density at radius 2 is 2.29 bits per heavy atom. The van der Waals surface area contributed by atoms with Crippen molar-refractivity contribution in [1.82, 2.24) is 4.98 Å². The highest BCUT2D eigenvalue weighted by atomic mass is 32.1. The zero-order valence-corrected chi connectivity index (χ0v) is 12.3. The third kappa shape index (κ3) is 3.14. The molecule has 110 valence electrons. The van der Waals surface area contributed by atoms with E-state index in [4.69, 9.17) is 15.2 Å². The molecule has 0 spiro atoms. The molecule has 7 heteroatoms. The van der Waals surface area contributed by atoms with E-state index in [9.17, 15) is 4.79 Å². The number of hydrogen-bond acceptors (Lipinski definition) is 6. The number of ether oxygens (including phenoxy) is 2. The molecule has 21 heavy (non-hydrogen) atoms. The van der Waals surface area contributed by atoms with Crippen LogP contribution in [0.15, 0.2) is 23.6 Å². The molecule has 2 heterocycles. The Kier molecular flexibility index (Phi) is 3.76. The van der Waals surface area contributed by atoms with Gasteiger partial charge in [-0.3, -0.25) is 4.79 Å². The lowest BCUT2D eigenvalue weighted by Crippen LogP contribution is -2.14. The summed E-state index contributed by atoms with van der Waals surface area (Å²) in [5.41, 5.74) is 7.16. The van der Waals surface area contributed by atoms with Crippen LogP contribution < -0.4 is 20.5 Å². The lowest BCUT2D eigenvalue weighted by Gasteiger charge is -2.05.